The Balaban J connectivity index is 1.50. The molecule has 0 radical (unpaired) electrons. The summed E-state index contributed by atoms with van der Waals surface area (Å²) in [6, 6.07) is 6.06. The second-order valence-corrected chi connectivity index (χ2v) is 7.53. The molecule has 0 unspecified atom stereocenters. The summed E-state index contributed by atoms with van der Waals surface area (Å²) in [4.78, 5) is 27.5. The number of thioether (sulfide) groups is 1. The Labute approximate surface area is 168 Å². The van der Waals surface area contributed by atoms with E-state index < -0.39 is 0 Å². The zero-order valence-electron chi connectivity index (χ0n) is 16.3. The van der Waals surface area contributed by atoms with Crippen LogP contribution in [-0.4, -0.2) is 70.5 Å². The van der Waals surface area contributed by atoms with E-state index >= 15 is 0 Å². The van der Waals surface area contributed by atoms with Crippen molar-refractivity contribution in [2.75, 3.05) is 38.5 Å². The van der Waals surface area contributed by atoms with Crippen molar-refractivity contribution < 1.29 is 18.7 Å². The number of hydrogen-bond donors (Lipinski definition) is 0. The summed E-state index contributed by atoms with van der Waals surface area (Å²) in [5, 5.41) is 8.48. The van der Waals surface area contributed by atoms with E-state index in [0.717, 1.165) is 16.7 Å². The van der Waals surface area contributed by atoms with E-state index in [2.05, 4.69) is 16.3 Å². The molecule has 2 heterocycles. The lowest BCUT2D eigenvalue weighted by Crippen LogP contribution is -2.51. The van der Waals surface area contributed by atoms with Gasteiger partial charge < -0.3 is 19.0 Å². The highest BCUT2D eigenvalue weighted by atomic mass is 32.2. The number of aryl methyl sites for hydroxylation is 2. The van der Waals surface area contributed by atoms with Crippen molar-refractivity contribution in [2.24, 2.45) is 0 Å². The van der Waals surface area contributed by atoms with Crippen molar-refractivity contribution in [2.45, 2.75) is 26.0 Å². The number of amides is 2. The average molecular weight is 404 g/mol. The Hall–Kier alpha value is -2.55. The van der Waals surface area contributed by atoms with Crippen molar-refractivity contribution in [3.63, 3.8) is 0 Å². The second kappa shape index (κ2) is 9.09. The fraction of sp³-hybridized carbons (Fsp3) is 0.474. The van der Waals surface area contributed by atoms with Crippen LogP contribution in [0.15, 0.2) is 27.8 Å². The molecular formula is C19H24N4O4S. The standard InChI is InChI=1S/C19H24N4O4S/c1-4-26-19(25)23-7-5-22(6-8-23)16(24)12-28-18-21-20-17(27-18)15-10-13(2)9-14(3)11-15/h9-11H,4-8,12H2,1-3H3. The Kier molecular flexibility index (Phi) is 6.56. The molecular weight excluding hydrogens is 380 g/mol. The molecule has 2 amide bonds. The first-order valence-electron chi connectivity index (χ1n) is 9.20. The number of piperazine rings is 1. The van der Waals surface area contributed by atoms with E-state index in [1.807, 2.05) is 26.0 Å². The molecule has 150 valence electrons. The van der Waals surface area contributed by atoms with Gasteiger partial charge in [-0.2, -0.15) is 0 Å². The molecule has 28 heavy (non-hydrogen) atoms. The topological polar surface area (TPSA) is 88.8 Å². The highest BCUT2D eigenvalue weighted by Crippen LogP contribution is 2.25. The van der Waals surface area contributed by atoms with E-state index in [9.17, 15) is 9.59 Å². The van der Waals surface area contributed by atoms with Crippen molar-refractivity contribution in [1.29, 1.82) is 0 Å². The molecule has 1 saturated heterocycles. The third-order valence-corrected chi connectivity index (χ3v) is 5.16. The fourth-order valence-corrected chi connectivity index (χ4v) is 3.72. The van der Waals surface area contributed by atoms with E-state index in [-0.39, 0.29) is 17.8 Å². The molecule has 1 aliphatic heterocycles. The number of carbonyl (C=O) groups excluding carboxylic acids is 2. The molecule has 0 saturated carbocycles. The van der Waals surface area contributed by atoms with Crippen LogP contribution < -0.4 is 0 Å². The zero-order chi connectivity index (χ0) is 20.1. The molecule has 1 fully saturated rings. The Morgan fingerprint density at radius 3 is 2.36 bits per heavy atom. The average Bonchev–Trinajstić information content (AvgIpc) is 3.15. The predicted molar refractivity (Wildman–Crippen MR) is 105 cm³/mol. The third kappa shape index (κ3) is 5.03. The summed E-state index contributed by atoms with van der Waals surface area (Å²) in [5.41, 5.74) is 3.12. The molecule has 9 heteroatoms. The van der Waals surface area contributed by atoms with Gasteiger partial charge in [-0.15, -0.1) is 10.2 Å². The summed E-state index contributed by atoms with van der Waals surface area (Å²) >= 11 is 1.22. The molecule has 0 atom stereocenters. The lowest BCUT2D eigenvalue weighted by atomic mass is 10.1. The Morgan fingerprint density at radius 1 is 1.07 bits per heavy atom. The van der Waals surface area contributed by atoms with Crippen LogP contribution in [0.3, 0.4) is 0 Å². The molecule has 0 spiro atoms. The molecule has 0 bridgehead atoms. The van der Waals surface area contributed by atoms with Crippen molar-refractivity contribution in [3.05, 3.63) is 29.3 Å². The third-order valence-electron chi connectivity index (χ3n) is 4.35. The van der Waals surface area contributed by atoms with Gasteiger partial charge in [-0.25, -0.2) is 4.79 Å². The molecule has 1 aromatic heterocycles. The summed E-state index contributed by atoms with van der Waals surface area (Å²) in [6.45, 7) is 8.11. The maximum atomic E-state index is 12.4. The minimum absolute atomic E-state index is 0.0142. The first kappa shape index (κ1) is 20.2. The minimum Gasteiger partial charge on any atom is -0.450 e. The maximum absolute atomic E-state index is 12.4. The SMILES string of the molecule is CCOC(=O)N1CCN(C(=O)CSc2nnc(-c3cc(C)cc(C)c3)o2)CC1. The van der Waals surface area contributed by atoms with Gasteiger partial charge in [0, 0.05) is 31.7 Å². The molecule has 0 aliphatic carbocycles. The van der Waals surface area contributed by atoms with Crippen LogP contribution in [0.4, 0.5) is 4.79 Å². The predicted octanol–water partition coefficient (Wildman–Crippen LogP) is 2.75. The number of ether oxygens (including phenoxy) is 1. The van der Waals surface area contributed by atoms with E-state index in [1.54, 1.807) is 16.7 Å². The normalized spacial score (nSPS) is 14.2. The van der Waals surface area contributed by atoms with Gasteiger partial charge in [-0.1, -0.05) is 29.0 Å². The van der Waals surface area contributed by atoms with Gasteiger partial charge in [0.1, 0.15) is 0 Å². The number of aromatic nitrogens is 2. The number of rotatable bonds is 5. The van der Waals surface area contributed by atoms with E-state index in [0.29, 0.717) is 43.9 Å². The smallest absolute Gasteiger partial charge is 0.409 e. The van der Waals surface area contributed by atoms with Crippen LogP contribution in [0.1, 0.15) is 18.1 Å². The van der Waals surface area contributed by atoms with Gasteiger partial charge in [0.15, 0.2) is 0 Å². The first-order valence-corrected chi connectivity index (χ1v) is 10.2. The Bertz CT molecular complexity index is 826. The summed E-state index contributed by atoms with van der Waals surface area (Å²) in [7, 11) is 0. The monoisotopic (exact) mass is 404 g/mol. The van der Waals surface area contributed by atoms with E-state index in [4.69, 9.17) is 9.15 Å². The van der Waals surface area contributed by atoms with E-state index in [1.165, 1.54) is 11.8 Å². The van der Waals surface area contributed by atoms with Crippen LogP contribution in [0.2, 0.25) is 0 Å². The van der Waals surface area contributed by atoms with Crippen LogP contribution in [0.25, 0.3) is 11.5 Å². The summed E-state index contributed by atoms with van der Waals surface area (Å²) in [5.74, 6) is 0.651. The van der Waals surface area contributed by atoms with Gasteiger partial charge in [0.25, 0.3) is 5.22 Å². The van der Waals surface area contributed by atoms with Crippen molar-refractivity contribution >= 4 is 23.8 Å². The highest BCUT2D eigenvalue weighted by molar-refractivity contribution is 7.99. The maximum Gasteiger partial charge on any atom is 0.409 e. The zero-order valence-corrected chi connectivity index (χ0v) is 17.1. The van der Waals surface area contributed by atoms with Gasteiger partial charge >= 0.3 is 6.09 Å². The number of hydrogen-bond acceptors (Lipinski definition) is 7. The van der Waals surface area contributed by atoms with Crippen LogP contribution in [0, 0.1) is 13.8 Å². The first-order chi connectivity index (χ1) is 13.5. The lowest BCUT2D eigenvalue weighted by Gasteiger charge is -2.33. The summed E-state index contributed by atoms with van der Waals surface area (Å²) in [6.07, 6.45) is -0.325. The molecule has 0 N–H and O–H groups in total. The van der Waals surface area contributed by atoms with Crippen molar-refractivity contribution in [3.8, 4) is 11.5 Å². The van der Waals surface area contributed by atoms with Crippen LogP contribution >= 0.6 is 11.8 Å². The number of carbonyl (C=O) groups is 2. The van der Waals surface area contributed by atoms with Gasteiger partial charge in [0.2, 0.25) is 11.8 Å². The number of benzene rings is 1. The van der Waals surface area contributed by atoms with Crippen LogP contribution in [-0.2, 0) is 9.53 Å². The minimum atomic E-state index is -0.325. The number of nitrogens with zero attached hydrogens (tertiary/aromatic N) is 4. The van der Waals surface area contributed by atoms with Crippen LogP contribution in [0.5, 0.6) is 0 Å². The lowest BCUT2D eigenvalue weighted by molar-refractivity contribution is -0.129. The second-order valence-electron chi connectivity index (χ2n) is 6.60. The highest BCUT2D eigenvalue weighted by Gasteiger charge is 2.25. The summed E-state index contributed by atoms with van der Waals surface area (Å²) < 4.78 is 10.7. The van der Waals surface area contributed by atoms with Gasteiger partial charge in [0.05, 0.1) is 12.4 Å². The fourth-order valence-electron chi connectivity index (χ4n) is 3.05. The molecule has 2 aromatic rings. The molecule has 1 aliphatic rings. The Morgan fingerprint density at radius 2 is 1.71 bits per heavy atom. The molecule has 8 nitrogen and oxygen atoms in total. The van der Waals surface area contributed by atoms with Crippen molar-refractivity contribution in [1.82, 2.24) is 20.0 Å². The van der Waals surface area contributed by atoms with Gasteiger partial charge in [-0.3, -0.25) is 4.79 Å². The molecule has 1 aromatic carbocycles. The molecule has 3 rings (SSSR count). The quantitative estimate of drug-likeness (QED) is 0.708. The largest absolute Gasteiger partial charge is 0.450 e. The van der Waals surface area contributed by atoms with Gasteiger partial charge in [-0.05, 0) is 32.9 Å².